The Morgan fingerprint density at radius 2 is 1.94 bits per heavy atom. The summed E-state index contributed by atoms with van der Waals surface area (Å²) in [7, 11) is 1.52. The third-order valence-corrected chi connectivity index (χ3v) is 3.70. The summed E-state index contributed by atoms with van der Waals surface area (Å²) in [6.45, 7) is 3.56. The number of hydrogen-bond donors (Lipinski definition) is 1. The first-order valence-corrected chi connectivity index (χ1v) is 6.01. The first kappa shape index (κ1) is 12.9. The second kappa shape index (κ2) is 4.64. The van der Waals surface area contributed by atoms with Gasteiger partial charge in [-0.05, 0) is 29.8 Å². The minimum atomic E-state index is -0.760. The number of pyridine rings is 1. The summed E-state index contributed by atoms with van der Waals surface area (Å²) >= 11 is 3.35. The number of nitrogens with one attached hydrogen (secondary N) is 1. The molecule has 0 unspecified atom stereocenters. The SMILES string of the molecule is CNc1nc(-n2nc(C)c(Br)c2C)c(F)cc1F. The Bertz CT molecular complexity index is 610. The molecule has 0 radical (unpaired) electrons. The van der Waals surface area contributed by atoms with E-state index in [1.807, 2.05) is 0 Å². The average Bonchev–Trinajstić information content (AvgIpc) is 2.57. The van der Waals surface area contributed by atoms with Gasteiger partial charge in [-0.1, -0.05) is 0 Å². The second-order valence-electron chi connectivity index (χ2n) is 3.77. The van der Waals surface area contributed by atoms with Crippen molar-refractivity contribution < 1.29 is 8.78 Å². The highest BCUT2D eigenvalue weighted by molar-refractivity contribution is 9.10. The van der Waals surface area contributed by atoms with Crippen molar-refractivity contribution in [3.05, 3.63) is 33.6 Å². The Hall–Kier alpha value is -1.50. The summed E-state index contributed by atoms with van der Waals surface area (Å²) in [5.41, 5.74) is 1.41. The van der Waals surface area contributed by atoms with Gasteiger partial charge in [0.25, 0.3) is 0 Å². The second-order valence-corrected chi connectivity index (χ2v) is 4.56. The van der Waals surface area contributed by atoms with Gasteiger partial charge in [0, 0.05) is 13.1 Å². The van der Waals surface area contributed by atoms with Crippen LogP contribution in [0.5, 0.6) is 0 Å². The Balaban J connectivity index is 2.67. The predicted octanol–water partition coefficient (Wildman–Crippen LogP) is 2.97. The number of rotatable bonds is 2. The fourth-order valence-corrected chi connectivity index (χ4v) is 1.86. The summed E-state index contributed by atoms with van der Waals surface area (Å²) in [5.74, 6) is -1.55. The van der Waals surface area contributed by atoms with Gasteiger partial charge in [-0.15, -0.1) is 0 Å². The fraction of sp³-hybridized carbons (Fsp3) is 0.273. The lowest BCUT2D eigenvalue weighted by atomic mass is 10.3. The van der Waals surface area contributed by atoms with E-state index in [4.69, 9.17) is 0 Å². The van der Waals surface area contributed by atoms with Crippen molar-refractivity contribution in [2.24, 2.45) is 0 Å². The molecule has 0 bridgehead atoms. The molecule has 2 aromatic heterocycles. The van der Waals surface area contributed by atoms with Crippen LogP contribution >= 0.6 is 15.9 Å². The molecule has 0 saturated carbocycles. The van der Waals surface area contributed by atoms with E-state index in [0.717, 1.165) is 10.5 Å². The Morgan fingerprint density at radius 1 is 1.28 bits per heavy atom. The van der Waals surface area contributed by atoms with Crippen LogP contribution in [0.2, 0.25) is 0 Å². The van der Waals surface area contributed by atoms with Crippen molar-refractivity contribution in [3.63, 3.8) is 0 Å². The molecule has 0 aliphatic carbocycles. The molecule has 0 saturated heterocycles. The zero-order valence-corrected chi connectivity index (χ0v) is 11.6. The molecule has 2 heterocycles. The summed E-state index contributed by atoms with van der Waals surface area (Å²) < 4.78 is 29.2. The van der Waals surface area contributed by atoms with Gasteiger partial charge in [0.2, 0.25) is 0 Å². The molecule has 0 aromatic carbocycles. The van der Waals surface area contributed by atoms with Crippen LogP contribution in [0.3, 0.4) is 0 Å². The number of hydrogen-bond acceptors (Lipinski definition) is 3. The van der Waals surface area contributed by atoms with Crippen LogP contribution in [0, 0.1) is 25.5 Å². The molecule has 0 aliphatic heterocycles. The highest BCUT2D eigenvalue weighted by atomic mass is 79.9. The van der Waals surface area contributed by atoms with E-state index < -0.39 is 11.6 Å². The topological polar surface area (TPSA) is 42.7 Å². The zero-order valence-electron chi connectivity index (χ0n) is 10.1. The third kappa shape index (κ3) is 1.98. The lowest BCUT2D eigenvalue weighted by molar-refractivity contribution is 0.561. The van der Waals surface area contributed by atoms with Crippen LogP contribution in [0.15, 0.2) is 10.5 Å². The Kier molecular flexibility index (Phi) is 3.34. The van der Waals surface area contributed by atoms with Gasteiger partial charge >= 0.3 is 0 Å². The van der Waals surface area contributed by atoms with Crippen molar-refractivity contribution in [2.75, 3.05) is 12.4 Å². The lowest BCUT2D eigenvalue weighted by Crippen LogP contribution is -2.08. The molecule has 4 nitrogen and oxygen atoms in total. The van der Waals surface area contributed by atoms with Gasteiger partial charge in [0.15, 0.2) is 23.3 Å². The Labute approximate surface area is 111 Å². The number of halogens is 3. The molecule has 0 fully saturated rings. The molecule has 0 atom stereocenters. The molecule has 0 spiro atoms. The van der Waals surface area contributed by atoms with Crippen LogP contribution in [0.4, 0.5) is 14.6 Å². The molecule has 2 rings (SSSR count). The smallest absolute Gasteiger partial charge is 0.192 e. The van der Waals surface area contributed by atoms with Crippen LogP contribution in [0.25, 0.3) is 5.82 Å². The van der Waals surface area contributed by atoms with Crippen LogP contribution in [0.1, 0.15) is 11.4 Å². The molecule has 7 heteroatoms. The minimum absolute atomic E-state index is 0.0184. The van der Waals surface area contributed by atoms with Crippen molar-refractivity contribution >= 4 is 21.7 Å². The summed E-state index contributed by atoms with van der Waals surface area (Å²) in [6, 6.07) is 0.790. The van der Waals surface area contributed by atoms with Gasteiger partial charge in [-0.25, -0.2) is 18.4 Å². The van der Waals surface area contributed by atoms with Crippen molar-refractivity contribution in [3.8, 4) is 5.82 Å². The molecule has 96 valence electrons. The zero-order chi connectivity index (χ0) is 13.4. The van der Waals surface area contributed by atoms with Gasteiger partial charge in [0.1, 0.15) is 0 Å². The van der Waals surface area contributed by atoms with Gasteiger partial charge in [-0.3, -0.25) is 0 Å². The van der Waals surface area contributed by atoms with Crippen molar-refractivity contribution in [1.82, 2.24) is 14.8 Å². The first-order valence-electron chi connectivity index (χ1n) is 5.21. The highest BCUT2D eigenvalue weighted by Crippen LogP contribution is 2.25. The molecule has 1 N–H and O–H groups in total. The highest BCUT2D eigenvalue weighted by Gasteiger charge is 2.17. The summed E-state index contributed by atoms with van der Waals surface area (Å²) in [6.07, 6.45) is 0. The molecular weight excluding hydrogens is 306 g/mol. The van der Waals surface area contributed by atoms with E-state index in [2.05, 4.69) is 31.3 Å². The maximum atomic E-state index is 13.8. The lowest BCUT2D eigenvalue weighted by Gasteiger charge is -2.08. The number of nitrogens with zero attached hydrogens (tertiary/aromatic N) is 3. The quantitative estimate of drug-likeness (QED) is 0.926. The first-order chi connectivity index (χ1) is 8.45. The standard InChI is InChI=1S/C11H11BrF2N4/c1-5-9(12)6(2)18(17-5)11-8(14)4-7(13)10(15-3)16-11/h4H,1-3H3,(H,15,16). The van der Waals surface area contributed by atoms with E-state index in [1.165, 1.54) is 11.7 Å². The van der Waals surface area contributed by atoms with E-state index >= 15 is 0 Å². The normalized spacial score (nSPS) is 10.8. The maximum Gasteiger partial charge on any atom is 0.192 e. The fourth-order valence-electron chi connectivity index (χ4n) is 1.61. The summed E-state index contributed by atoms with van der Waals surface area (Å²) in [5, 5.41) is 6.73. The largest absolute Gasteiger partial charge is 0.371 e. The van der Waals surface area contributed by atoms with E-state index in [9.17, 15) is 8.78 Å². The molecule has 2 aromatic rings. The van der Waals surface area contributed by atoms with E-state index in [-0.39, 0.29) is 11.6 Å². The molecule has 0 amide bonds. The van der Waals surface area contributed by atoms with Gasteiger partial charge in [0.05, 0.1) is 15.9 Å². The van der Waals surface area contributed by atoms with Crippen molar-refractivity contribution in [1.29, 1.82) is 0 Å². The van der Waals surface area contributed by atoms with Crippen LogP contribution < -0.4 is 5.32 Å². The van der Waals surface area contributed by atoms with Crippen molar-refractivity contribution in [2.45, 2.75) is 13.8 Å². The minimum Gasteiger partial charge on any atom is -0.371 e. The van der Waals surface area contributed by atoms with Gasteiger partial charge < -0.3 is 5.32 Å². The number of anilines is 1. The van der Waals surface area contributed by atoms with E-state index in [0.29, 0.717) is 11.4 Å². The Morgan fingerprint density at radius 3 is 2.44 bits per heavy atom. The molecule has 18 heavy (non-hydrogen) atoms. The average molecular weight is 317 g/mol. The van der Waals surface area contributed by atoms with Gasteiger partial charge in [-0.2, -0.15) is 5.10 Å². The van der Waals surface area contributed by atoms with E-state index in [1.54, 1.807) is 13.8 Å². The van der Waals surface area contributed by atoms with Crippen LogP contribution in [-0.2, 0) is 0 Å². The molecular formula is C11H11BrF2N4. The monoisotopic (exact) mass is 316 g/mol. The summed E-state index contributed by atoms with van der Waals surface area (Å²) in [4.78, 5) is 3.89. The van der Waals surface area contributed by atoms with Crippen LogP contribution in [-0.4, -0.2) is 21.8 Å². The number of aryl methyl sites for hydroxylation is 1. The third-order valence-electron chi connectivity index (χ3n) is 2.55. The molecule has 0 aliphatic rings. The predicted molar refractivity (Wildman–Crippen MR) is 68.0 cm³/mol. The number of aromatic nitrogens is 3. The maximum absolute atomic E-state index is 13.8.